The third-order valence-electron chi connectivity index (χ3n) is 5.36. The van der Waals surface area contributed by atoms with Crippen LogP contribution in [0.25, 0.3) is 0 Å². The van der Waals surface area contributed by atoms with E-state index in [9.17, 15) is 9.59 Å². The van der Waals surface area contributed by atoms with Crippen LogP contribution in [0.3, 0.4) is 0 Å². The van der Waals surface area contributed by atoms with Gasteiger partial charge in [-0.3, -0.25) is 9.59 Å². The molecule has 3 rings (SSSR count). The highest BCUT2D eigenvalue weighted by molar-refractivity contribution is 7.09. The minimum absolute atomic E-state index is 0.0286. The molecule has 0 N–H and O–H groups in total. The Labute approximate surface area is 210 Å². The normalized spacial score (nSPS) is 11.7. The van der Waals surface area contributed by atoms with Crippen LogP contribution in [0.4, 0.5) is 0 Å². The van der Waals surface area contributed by atoms with Gasteiger partial charge in [0.1, 0.15) is 5.38 Å². The highest BCUT2D eigenvalue weighted by Gasteiger charge is 2.27. The first-order chi connectivity index (χ1) is 16.6. The smallest absolute Gasteiger partial charge is 0.245 e. The molecule has 0 saturated heterocycles. The molecular weight excluding hydrogens is 468 g/mol. The number of halogens is 1. The van der Waals surface area contributed by atoms with Crippen molar-refractivity contribution in [1.29, 1.82) is 0 Å². The lowest BCUT2D eigenvalue weighted by Gasteiger charge is -2.29. The minimum Gasteiger partial charge on any atom is -0.382 e. The van der Waals surface area contributed by atoms with E-state index in [0.29, 0.717) is 39.3 Å². The molecule has 0 saturated carbocycles. The summed E-state index contributed by atoms with van der Waals surface area (Å²) in [6.45, 7) is 4.41. The lowest BCUT2D eigenvalue weighted by Crippen LogP contribution is -2.44. The second-order valence-electron chi connectivity index (χ2n) is 7.90. The molecule has 1 aromatic heterocycles. The Morgan fingerprint density at radius 2 is 1.65 bits per heavy atom. The van der Waals surface area contributed by atoms with Crippen LogP contribution in [0.15, 0.2) is 78.2 Å². The average Bonchev–Trinajstić information content (AvgIpc) is 3.39. The first-order valence-corrected chi connectivity index (χ1v) is 12.8. The van der Waals surface area contributed by atoms with Crippen molar-refractivity contribution in [3.63, 3.8) is 0 Å². The number of hydrogen-bond donors (Lipinski definition) is 0. The summed E-state index contributed by atoms with van der Waals surface area (Å²) in [6, 6.07) is 23.1. The number of carbonyl (C=O) groups excluding carboxylic acids is 2. The van der Waals surface area contributed by atoms with Crippen molar-refractivity contribution in [1.82, 2.24) is 9.80 Å². The summed E-state index contributed by atoms with van der Waals surface area (Å²) in [5.74, 6) is -0.382. The van der Waals surface area contributed by atoms with Crippen molar-refractivity contribution in [3.8, 4) is 0 Å². The summed E-state index contributed by atoms with van der Waals surface area (Å²) < 4.78 is 5.45. The van der Waals surface area contributed by atoms with E-state index in [4.69, 9.17) is 16.3 Å². The van der Waals surface area contributed by atoms with Crippen LogP contribution < -0.4 is 0 Å². The van der Waals surface area contributed by atoms with E-state index in [2.05, 4.69) is 0 Å². The van der Waals surface area contributed by atoms with E-state index >= 15 is 0 Å². The van der Waals surface area contributed by atoms with Crippen molar-refractivity contribution in [3.05, 3.63) is 94.2 Å². The average molecular weight is 499 g/mol. The molecule has 0 aliphatic rings. The molecule has 5 nitrogen and oxygen atoms in total. The summed E-state index contributed by atoms with van der Waals surface area (Å²) in [6.07, 6.45) is 0.634. The molecule has 7 heteroatoms. The Morgan fingerprint density at radius 1 is 0.941 bits per heavy atom. The summed E-state index contributed by atoms with van der Waals surface area (Å²) in [7, 11) is 0. The quantitative estimate of drug-likeness (QED) is 0.230. The van der Waals surface area contributed by atoms with Gasteiger partial charge < -0.3 is 14.5 Å². The van der Waals surface area contributed by atoms with Crippen LogP contribution in [0.5, 0.6) is 0 Å². The molecular formula is C27H31ClN2O3S. The van der Waals surface area contributed by atoms with Crippen LogP contribution in [-0.4, -0.2) is 47.9 Å². The largest absolute Gasteiger partial charge is 0.382 e. The molecule has 2 aromatic carbocycles. The summed E-state index contributed by atoms with van der Waals surface area (Å²) >= 11 is 8.17. The van der Waals surface area contributed by atoms with E-state index in [-0.39, 0.29) is 18.4 Å². The zero-order valence-corrected chi connectivity index (χ0v) is 21.0. The Bertz CT molecular complexity index is 999. The van der Waals surface area contributed by atoms with Crippen LogP contribution in [0.2, 0.25) is 0 Å². The van der Waals surface area contributed by atoms with E-state index in [1.165, 1.54) is 0 Å². The molecule has 34 heavy (non-hydrogen) atoms. The minimum atomic E-state index is -0.846. The number of rotatable bonds is 13. The molecule has 0 spiro atoms. The van der Waals surface area contributed by atoms with Gasteiger partial charge in [-0.25, -0.2) is 0 Å². The number of alkyl halides is 1. The lowest BCUT2D eigenvalue weighted by atomic mass is 10.1. The van der Waals surface area contributed by atoms with Gasteiger partial charge in [-0.05, 0) is 35.9 Å². The van der Waals surface area contributed by atoms with Gasteiger partial charge in [-0.1, -0.05) is 66.7 Å². The predicted molar refractivity (Wildman–Crippen MR) is 138 cm³/mol. The van der Waals surface area contributed by atoms with Crippen molar-refractivity contribution in [2.75, 3.05) is 26.3 Å². The maximum absolute atomic E-state index is 13.5. The zero-order chi connectivity index (χ0) is 24.2. The highest BCUT2D eigenvalue weighted by Crippen LogP contribution is 2.23. The molecule has 1 atom stereocenters. The second-order valence-corrected chi connectivity index (χ2v) is 9.37. The maximum atomic E-state index is 13.5. The lowest BCUT2D eigenvalue weighted by molar-refractivity contribution is -0.141. The second kappa shape index (κ2) is 13.9. The number of carbonyl (C=O) groups is 2. The Kier molecular flexibility index (Phi) is 10.6. The Morgan fingerprint density at radius 3 is 2.29 bits per heavy atom. The van der Waals surface area contributed by atoms with Gasteiger partial charge in [0.25, 0.3) is 0 Å². The Balaban J connectivity index is 1.76. The van der Waals surface area contributed by atoms with E-state index < -0.39 is 5.38 Å². The SMILES string of the molecule is CCOCCCN(CC(=O)N(Cc1ccccc1)Cc1cccs1)C(=O)C(Cl)c1ccccc1. The number of ether oxygens (including phenoxy) is 1. The number of nitrogens with zero attached hydrogens (tertiary/aromatic N) is 2. The van der Waals surface area contributed by atoms with Gasteiger partial charge in [0.2, 0.25) is 11.8 Å². The van der Waals surface area contributed by atoms with E-state index in [0.717, 1.165) is 16.0 Å². The van der Waals surface area contributed by atoms with Gasteiger partial charge in [0.15, 0.2) is 0 Å². The fraction of sp³-hybridized carbons (Fsp3) is 0.333. The van der Waals surface area contributed by atoms with E-state index in [1.807, 2.05) is 85.1 Å². The number of thiophene rings is 1. The summed E-state index contributed by atoms with van der Waals surface area (Å²) in [4.78, 5) is 31.3. The Hall–Kier alpha value is -2.67. The van der Waals surface area contributed by atoms with Crippen molar-refractivity contribution < 1.29 is 14.3 Å². The van der Waals surface area contributed by atoms with Crippen LogP contribution >= 0.6 is 22.9 Å². The van der Waals surface area contributed by atoms with Gasteiger partial charge in [0, 0.05) is 31.2 Å². The number of amides is 2. The van der Waals surface area contributed by atoms with Crippen molar-refractivity contribution in [2.45, 2.75) is 31.8 Å². The molecule has 0 bridgehead atoms. The third kappa shape index (κ3) is 7.97. The van der Waals surface area contributed by atoms with Gasteiger partial charge in [0.05, 0.1) is 13.1 Å². The topological polar surface area (TPSA) is 49.9 Å². The summed E-state index contributed by atoms with van der Waals surface area (Å²) in [5, 5.41) is 1.16. The fourth-order valence-corrected chi connectivity index (χ4v) is 4.59. The van der Waals surface area contributed by atoms with Crippen LogP contribution in [0, 0.1) is 0 Å². The molecule has 0 aliphatic heterocycles. The van der Waals surface area contributed by atoms with Crippen LogP contribution in [-0.2, 0) is 27.4 Å². The molecule has 0 fully saturated rings. The maximum Gasteiger partial charge on any atom is 0.245 e. The first kappa shape index (κ1) is 25.9. The van der Waals surface area contributed by atoms with Crippen LogP contribution in [0.1, 0.15) is 34.7 Å². The number of benzene rings is 2. The molecule has 180 valence electrons. The fourth-order valence-electron chi connectivity index (χ4n) is 3.58. The van der Waals surface area contributed by atoms with Crippen molar-refractivity contribution >= 4 is 34.8 Å². The van der Waals surface area contributed by atoms with Gasteiger partial charge in [-0.15, -0.1) is 22.9 Å². The molecule has 3 aromatic rings. The molecule has 2 amide bonds. The molecule has 0 radical (unpaired) electrons. The summed E-state index contributed by atoms with van der Waals surface area (Å²) in [5.41, 5.74) is 1.76. The highest BCUT2D eigenvalue weighted by atomic mass is 35.5. The predicted octanol–water partition coefficient (Wildman–Crippen LogP) is 5.51. The van der Waals surface area contributed by atoms with Gasteiger partial charge >= 0.3 is 0 Å². The molecule has 0 aliphatic carbocycles. The van der Waals surface area contributed by atoms with E-state index in [1.54, 1.807) is 21.1 Å². The third-order valence-corrected chi connectivity index (χ3v) is 6.66. The molecule has 1 heterocycles. The molecule has 1 unspecified atom stereocenters. The standard InChI is InChI=1S/C27H31ClN2O3S/c1-2-33-17-10-16-29(27(32)26(28)23-13-7-4-8-14-23)21-25(31)30(20-24-15-9-18-34-24)19-22-11-5-3-6-12-22/h3-9,11-15,18,26H,2,10,16-17,19-21H2,1H3. The number of hydrogen-bond acceptors (Lipinski definition) is 4. The monoisotopic (exact) mass is 498 g/mol. The zero-order valence-electron chi connectivity index (χ0n) is 19.4. The van der Waals surface area contributed by atoms with Gasteiger partial charge in [-0.2, -0.15) is 0 Å². The van der Waals surface area contributed by atoms with Crippen molar-refractivity contribution in [2.24, 2.45) is 0 Å². The first-order valence-electron chi connectivity index (χ1n) is 11.5.